The monoisotopic (exact) mass is 427 g/mol. The maximum atomic E-state index is 12.5. The number of aliphatic carboxylic acids is 1. The molecule has 3 aromatic carbocycles. The molecule has 0 saturated carbocycles. The van der Waals surface area contributed by atoms with Crippen molar-refractivity contribution in [2.24, 2.45) is 0 Å². The van der Waals surface area contributed by atoms with Crippen molar-refractivity contribution in [2.45, 2.75) is 18.4 Å². The summed E-state index contributed by atoms with van der Waals surface area (Å²) in [5.41, 5.74) is 6.05. The van der Waals surface area contributed by atoms with Crippen LogP contribution in [0.4, 0.5) is 4.79 Å². The molecule has 1 aliphatic rings. The number of carbonyl (C=O) groups is 2. The van der Waals surface area contributed by atoms with Crippen molar-refractivity contribution in [1.29, 1.82) is 0 Å². The quantitative estimate of drug-likeness (QED) is 0.430. The zero-order valence-electron chi connectivity index (χ0n) is 17.1. The van der Waals surface area contributed by atoms with Crippen molar-refractivity contribution >= 4 is 23.0 Å². The summed E-state index contributed by atoms with van der Waals surface area (Å²) in [4.78, 5) is 24.2. The molecule has 0 aliphatic heterocycles. The van der Waals surface area contributed by atoms with Gasteiger partial charge in [0.25, 0.3) is 0 Å². The molecule has 1 atom stereocenters. The lowest BCUT2D eigenvalue weighted by molar-refractivity contribution is -0.139. The first-order chi connectivity index (χ1) is 15.6. The Bertz CT molecular complexity index is 1270. The van der Waals surface area contributed by atoms with Crippen LogP contribution in [0, 0.1) is 0 Å². The van der Waals surface area contributed by atoms with E-state index in [9.17, 15) is 14.7 Å². The van der Waals surface area contributed by atoms with Crippen LogP contribution in [0.1, 0.15) is 22.6 Å². The number of aromatic nitrogens is 2. The fourth-order valence-corrected chi connectivity index (χ4v) is 4.33. The summed E-state index contributed by atoms with van der Waals surface area (Å²) in [7, 11) is 0. The standard InChI is InChI=1S/C25H21N3O4/c29-24(30)23(12-15-9-10-16-13-26-28-22(16)11-15)27-25(31)32-14-21-19-7-3-1-5-17(19)18-6-2-4-8-20(18)21/h1-11,13,21,23H,12,14H2,(H,26,28)(H,27,31)(H,29,30)/t23-/m0/s1. The number of aromatic amines is 1. The van der Waals surface area contributed by atoms with E-state index in [2.05, 4.69) is 27.6 Å². The van der Waals surface area contributed by atoms with E-state index in [1.165, 1.54) is 0 Å². The van der Waals surface area contributed by atoms with Gasteiger partial charge in [-0.15, -0.1) is 0 Å². The highest BCUT2D eigenvalue weighted by atomic mass is 16.5. The lowest BCUT2D eigenvalue weighted by Crippen LogP contribution is -2.42. The SMILES string of the molecule is O=C(N[C@@H](Cc1ccc2cn[nH]c2c1)C(=O)O)OCC1c2ccccc2-c2ccccc21. The molecule has 5 rings (SSSR count). The Kier molecular flexibility index (Phi) is 5.07. The second kappa shape index (κ2) is 8.19. The Morgan fingerprint density at radius 3 is 2.41 bits per heavy atom. The fourth-order valence-electron chi connectivity index (χ4n) is 4.33. The summed E-state index contributed by atoms with van der Waals surface area (Å²) in [5, 5.41) is 19.9. The van der Waals surface area contributed by atoms with Crippen LogP contribution in [-0.2, 0) is 16.0 Å². The highest BCUT2D eigenvalue weighted by molar-refractivity contribution is 5.82. The van der Waals surface area contributed by atoms with Crippen molar-refractivity contribution in [1.82, 2.24) is 15.5 Å². The summed E-state index contributed by atoms with van der Waals surface area (Å²) < 4.78 is 5.49. The van der Waals surface area contributed by atoms with Gasteiger partial charge in [-0.2, -0.15) is 5.10 Å². The number of nitrogens with one attached hydrogen (secondary N) is 2. The Morgan fingerprint density at radius 2 is 1.72 bits per heavy atom. The number of rotatable bonds is 6. The minimum Gasteiger partial charge on any atom is -0.480 e. The largest absolute Gasteiger partial charge is 0.480 e. The van der Waals surface area contributed by atoms with E-state index < -0.39 is 18.1 Å². The molecule has 0 bridgehead atoms. The first-order valence-corrected chi connectivity index (χ1v) is 10.4. The van der Waals surface area contributed by atoms with Gasteiger partial charge in [-0.1, -0.05) is 60.7 Å². The number of amides is 1. The molecule has 1 aliphatic carbocycles. The van der Waals surface area contributed by atoms with Gasteiger partial charge in [-0.05, 0) is 33.9 Å². The zero-order valence-corrected chi connectivity index (χ0v) is 17.1. The van der Waals surface area contributed by atoms with Crippen LogP contribution in [0.15, 0.2) is 72.9 Å². The van der Waals surface area contributed by atoms with Crippen molar-refractivity contribution in [3.63, 3.8) is 0 Å². The molecular formula is C25H21N3O4. The number of carboxylic acid groups (broad SMARTS) is 1. The number of ether oxygens (including phenoxy) is 1. The Labute approximate surface area is 184 Å². The summed E-state index contributed by atoms with van der Waals surface area (Å²) >= 11 is 0. The second-order valence-electron chi connectivity index (χ2n) is 7.86. The van der Waals surface area contributed by atoms with Gasteiger partial charge in [0.2, 0.25) is 0 Å². The molecule has 0 spiro atoms. The molecule has 32 heavy (non-hydrogen) atoms. The van der Waals surface area contributed by atoms with Crippen LogP contribution < -0.4 is 5.32 Å². The van der Waals surface area contributed by atoms with E-state index in [4.69, 9.17) is 4.74 Å². The molecule has 1 amide bonds. The summed E-state index contributed by atoms with van der Waals surface area (Å²) in [5.74, 6) is -1.21. The normalized spacial score (nSPS) is 13.4. The van der Waals surface area contributed by atoms with Crippen LogP contribution in [0.3, 0.4) is 0 Å². The van der Waals surface area contributed by atoms with E-state index in [-0.39, 0.29) is 18.9 Å². The Hall–Kier alpha value is -4.13. The second-order valence-corrected chi connectivity index (χ2v) is 7.86. The molecule has 0 saturated heterocycles. The van der Waals surface area contributed by atoms with Gasteiger partial charge in [0, 0.05) is 17.7 Å². The molecule has 0 unspecified atom stereocenters. The van der Waals surface area contributed by atoms with Gasteiger partial charge >= 0.3 is 12.1 Å². The van der Waals surface area contributed by atoms with E-state index in [0.29, 0.717) is 0 Å². The lowest BCUT2D eigenvalue weighted by atomic mass is 9.98. The van der Waals surface area contributed by atoms with Crippen LogP contribution in [-0.4, -0.2) is 40.0 Å². The molecule has 0 radical (unpaired) electrons. The van der Waals surface area contributed by atoms with Gasteiger partial charge in [0.1, 0.15) is 12.6 Å². The molecule has 1 heterocycles. The number of carbonyl (C=O) groups excluding carboxylic acids is 1. The average molecular weight is 427 g/mol. The summed E-state index contributed by atoms with van der Waals surface area (Å²) in [6, 6.07) is 20.5. The van der Waals surface area contributed by atoms with Gasteiger partial charge in [0.15, 0.2) is 0 Å². The predicted molar refractivity (Wildman–Crippen MR) is 119 cm³/mol. The first kappa shape index (κ1) is 19.8. The number of H-pyrrole nitrogens is 1. The van der Waals surface area contributed by atoms with E-state index in [1.54, 1.807) is 6.20 Å². The van der Waals surface area contributed by atoms with Gasteiger partial charge in [-0.25, -0.2) is 9.59 Å². The molecule has 7 nitrogen and oxygen atoms in total. The molecule has 3 N–H and O–H groups in total. The molecular weight excluding hydrogens is 406 g/mol. The van der Waals surface area contributed by atoms with Crippen molar-refractivity contribution < 1.29 is 19.4 Å². The maximum absolute atomic E-state index is 12.5. The summed E-state index contributed by atoms with van der Waals surface area (Å²) in [6.07, 6.45) is 1.08. The third-order valence-electron chi connectivity index (χ3n) is 5.88. The maximum Gasteiger partial charge on any atom is 0.407 e. The number of nitrogens with zero attached hydrogens (tertiary/aromatic N) is 1. The Morgan fingerprint density at radius 1 is 1.03 bits per heavy atom. The van der Waals surface area contributed by atoms with Crippen molar-refractivity contribution in [3.8, 4) is 11.1 Å². The van der Waals surface area contributed by atoms with E-state index in [0.717, 1.165) is 38.7 Å². The van der Waals surface area contributed by atoms with Gasteiger partial charge in [-0.3, -0.25) is 5.10 Å². The minimum atomic E-state index is -1.12. The van der Waals surface area contributed by atoms with Crippen LogP contribution in [0.2, 0.25) is 0 Å². The third kappa shape index (κ3) is 3.69. The molecule has 1 aromatic heterocycles. The van der Waals surface area contributed by atoms with E-state index >= 15 is 0 Å². The van der Waals surface area contributed by atoms with Gasteiger partial charge in [0.05, 0.1) is 11.7 Å². The van der Waals surface area contributed by atoms with Crippen molar-refractivity contribution in [3.05, 3.63) is 89.6 Å². The minimum absolute atomic E-state index is 0.0841. The zero-order chi connectivity index (χ0) is 22.1. The predicted octanol–water partition coefficient (Wildman–Crippen LogP) is 4.10. The molecule has 7 heteroatoms. The number of carboxylic acids is 1. The van der Waals surface area contributed by atoms with Crippen LogP contribution in [0.5, 0.6) is 0 Å². The number of hydrogen-bond acceptors (Lipinski definition) is 4. The molecule has 0 fully saturated rings. The van der Waals surface area contributed by atoms with Crippen LogP contribution >= 0.6 is 0 Å². The summed E-state index contributed by atoms with van der Waals surface area (Å²) in [6.45, 7) is 0.131. The molecule has 160 valence electrons. The number of benzene rings is 3. The third-order valence-corrected chi connectivity index (χ3v) is 5.88. The van der Waals surface area contributed by atoms with Crippen LogP contribution in [0.25, 0.3) is 22.0 Å². The van der Waals surface area contributed by atoms with Gasteiger partial charge < -0.3 is 15.2 Å². The number of hydrogen-bond donors (Lipinski definition) is 3. The number of alkyl carbamates (subject to hydrolysis) is 1. The topological polar surface area (TPSA) is 104 Å². The highest BCUT2D eigenvalue weighted by Gasteiger charge is 2.29. The highest BCUT2D eigenvalue weighted by Crippen LogP contribution is 2.44. The smallest absolute Gasteiger partial charge is 0.407 e. The average Bonchev–Trinajstić information content (AvgIpc) is 3.39. The lowest BCUT2D eigenvalue weighted by Gasteiger charge is -2.17. The Balaban J connectivity index is 1.27. The fraction of sp³-hybridized carbons (Fsp3) is 0.160. The number of fused-ring (bicyclic) bond motifs is 4. The van der Waals surface area contributed by atoms with E-state index in [1.807, 2.05) is 54.6 Å². The first-order valence-electron chi connectivity index (χ1n) is 10.4. The molecule has 4 aromatic rings. The van der Waals surface area contributed by atoms with Crippen molar-refractivity contribution in [2.75, 3.05) is 6.61 Å².